The summed E-state index contributed by atoms with van der Waals surface area (Å²) in [4.78, 5) is 22.1. The number of aryl methyl sites for hydroxylation is 2. The lowest BCUT2D eigenvalue weighted by molar-refractivity contribution is 0.262. The van der Waals surface area contributed by atoms with Crippen LogP contribution in [0, 0.1) is 6.92 Å². The van der Waals surface area contributed by atoms with Crippen molar-refractivity contribution < 1.29 is 14.6 Å². The predicted molar refractivity (Wildman–Crippen MR) is 177 cm³/mol. The number of hydrogen-bond acceptors (Lipinski definition) is 7. The number of benzene rings is 4. The van der Waals surface area contributed by atoms with Gasteiger partial charge in [0.05, 0.1) is 17.1 Å². The van der Waals surface area contributed by atoms with E-state index in [1.54, 1.807) is 53.3 Å². The molecule has 0 aliphatic heterocycles. The maximum absolute atomic E-state index is 13.3. The molecule has 6 rings (SSSR count). The Balaban J connectivity index is 1.21. The minimum atomic E-state index is -0.384. The number of carbonyl (C=O) groups excluding carboxylic acids is 1. The maximum atomic E-state index is 13.3. The van der Waals surface area contributed by atoms with Crippen molar-refractivity contribution in [2.24, 2.45) is 0 Å². The number of amides is 2. The summed E-state index contributed by atoms with van der Waals surface area (Å²) in [5.41, 5.74) is 4.29. The first-order valence-electron chi connectivity index (χ1n) is 14.8. The summed E-state index contributed by atoms with van der Waals surface area (Å²) >= 11 is 0. The average Bonchev–Trinajstić information content (AvgIpc) is 3.45. The molecule has 10 nitrogen and oxygen atoms in total. The lowest BCUT2D eigenvalue weighted by Gasteiger charge is -2.14. The molecule has 0 atom stereocenters. The number of phenolic OH excluding ortho intramolecular Hbond substituents is 1. The van der Waals surface area contributed by atoms with Gasteiger partial charge in [0, 0.05) is 34.8 Å². The number of nitrogens with zero attached hydrogens (tertiary/aromatic N) is 4. The van der Waals surface area contributed by atoms with Gasteiger partial charge in [-0.3, -0.25) is 5.32 Å². The van der Waals surface area contributed by atoms with Gasteiger partial charge in [-0.25, -0.2) is 14.5 Å². The van der Waals surface area contributed by atoms with E-state index in [9.17, 15) is 9.90 Å². The van der Waals surface area contributed by atoms with E-state index in [-0.39, 0.29) is 11.8 Å². The zero-order valence-corrected chi connectivity index (χ0v) is 25.0. The molecule has 0 bridgehead atoms. The summed E-state index contributed by atoms with van der Waals surface area (Å²) in [5.74, 6) is 2.03. The van der Waals surface area contributed by atoms with Crippen LogP contribution in [0.2, 0.25) is 0 Å². The van der Waals surface area contributed by atoms with Gasteiger partial charge in [0.1, 0.15) is 17.3 Å². The molecule has 0 saturated carbocycles. The largest absolute Gasteiger partial charge is 0.508 e. The molecule has 0 fully saturated rings. The van der Waals surface area contributed by atoms with Crippen LogP contribution >= 0.6 is 0 Å². The van der Waals surface area contributed by atoms with Crippen LogP contribution in [0.5, 0.6) is 17.4 Å². The molecule has 226 valence electrons. The van der Waals surface area contributed by atoms with E-state index < -0.39 is 0 Å². The van der Waals surface area contributed by atoms with Crippen LogP contribution in [-0.2, 0) is 6.42 Å². The number of anilines is 4. The molecule has 0 aliphatic carbocycles. The first-order valence-corrected chi connectivity index (χ1v) is 14.8. The smallest absolute Gasteiger partial charge is 0.324 e. The molecule has 2 heterocycles. The van der Waals surface area contributed by atoms with Crippen LogP contribution in [-0.4, -0.2) is 30.9 Å². The van der Waals surface area contributed by atoms with E-state index in [1.165, 1.54) is 0 Å². The molecule has 6 aromatic rings. The zero-order chi connectivity index (χ0) is 31.2. The second-order valence-corrected chi connectivity index (χ2v) is 10.6. The zero-order valence-electron chi connectivity index (χ0n) is 25.0. The number of hydrogen-bond donors (Lipinski definition) is 4. The van der Waals surface area contributed by atoms with E-state index in [4.69, 9.17) is 9.84 Å². The SMILES string of the molecule is CCCCc1cc(NC(=O)Nc2ccc(Oc3ccnc(Nc4ccc(O)cc4)n3)c3ccccc23)n(-c2ccc(C)cc2)n1. The van der Waals surface area contributed by atoms with Gasteiger partial charge >= 0.3 is 6.03 Å². The summed E-state index contributed by atoms with van der Waals surface area (Å²) in [7, 11) is 0. The Morgan fingerprint density at radius 1 is 0.911 bits per heavy atom. The molecule has 4 N–H and O–H groups in total. The van der Waals surface area contributed by atoms with Crippen molar-refractivity contribution in [3.8, 4) is 23.1 Å². The van der Waals surface area contributed by atoms with Crippen molar-refractivity contribution in [1.82, 2.24) is 19.7 Å². The molecule has 0 spiro atoms. The van der Waals surface area contributed by atoms with Gasteiger partial charge in [0.25, 0.3) is 0 Å². The highest BCUT2D eigenvalue weighted by atomic mass is 16.5. The maximum Gasteiger partial charge on any atom is 0.324 e. The van der Waals surface area contributed by atoms with Crippen molar-refractivity contribution in [3.05, 3.63) is 115 Å². The standard InChI is InChI=1S/C35H33N7O3/c1-3-4-7-25-22-32(42(41-25)26-14-10-23(2)11-15-26)39-35(44)38-30-18-19-31(29-9-6-5-8-28(29)30)45-33-20-21-36-34(40-33)37-24-12-16-27(43)17-13-24/h5-6,8-22,43H,3-4,7H2,1-2H3,(H,36,37,40)(H2,38,39,44). The number of carbonyl (C=O) groups is 1. The number of urea groups is 1. The average molecular weight is 600 g/mol. The fourth-order valence-corrected chi connectivity index (χ4v) is 4.87. The lowest BCUT2D eigenvalue weighted by atomic mass is 10.1. The molecule has 0 saturated heterocycles. The van der Waals surface area contributed by atoms with E-state index in [2.05, 4.69) is 32.8 Å². The van der Waals surface area contributed by atoms with Gasteiger partial charge < -0.3 is 20.5 Å². The van der Waals surface area contributed by atoms with E-state index in [0.29, 0.717) is 29.1 Å². The van der Waals surface area contributed by atoms with Crippen molar-refractivity contribution in [1.29, 1.82) is 0 Å². The number of rotatable bonds is 10. The summed E-state index contributed by atoms with van der Waals surface area (Å²) in [6.07, 6.45) is 4.51. The van der Waals surface area contributed by atoms with Gasteiger partial charge in [-0.1, -0.05) is 55.3 Å². The molecule has 2 amide bonds. The fraction of sp³-hybridized carbons (Fsp3) is 0.143. The number of aromatic hydroxyl groups is 1. The van der Waals surface area contributed by atoms with Crippen LogP contribution in [0.15, 0.2) is 103 Å². The molecule has 10 heteroatoms. The van der Waals surface area contributed by atoms with E-state index >= 15 is 0 Å². The first kappa shape index (κ1) is 29.2. The monoisotopic (exact) mass is 599 g/mol. The van der Waals surface area contributed by atoms with E-state index in [1.807, 2.05) is 61.5 Å². The number of unbranched alkanes of at least 4 members (excludes halogenated alkanes) is 1. The number of nitrogens with one attached hydrogen (secondary N) is 3. The predicted octanol–water partition coefficient (Wildman–Crippen LogP) is 8.35. The van der Waals surface area contributed by atoms with Crippen LogP contribution in [0.4, 0.5) is 27.9 Å². The Hall–Kier alpha value is -5.90. The topological polar surface area (TPSA) is 126 Å². The molecular formula is C35H33N7O3. The Morgan fingerprint density at radius 3 is 2.47 bits per heavy atom. The highest BCUT2D eigenvalue weighted by Crippen LogP contribution is 2.34. The Bertz CT molecular complexity index is 1940. The fourth-order valence-electron chi connectivity index (χ4n) is 4.87. The third-order valence-corrected chi connectivity index (χ3v) is 7.17. The molecule has 0 aliphatic rings. The number of phenols is 1. The number of aromatic nitrogens is 4. The van der Waals surface area contributed by atoms with Gasteiger partial charge in [-0.05, 0) is 68.3 Å². The lowest BCUT2D eigenvalue weighted by Crippen LogP contribution is -2.21. The quantitative estimate of drug-likeness (QED) is 0.117. The van der Waals surface area contributed by atoms with Crippen LogP contribution in [0.3, 0.4) is 0 Å². The summed E-state index contributed by atoms with van der Waals surface area (Å²) in [6, 6.07) is 29.1. The van der Waals surface area contributed by atoms with Crippen LogP contribution in [0.1, 0.15) is 31.0 Å². The normalized spacial score (nSPS) is 10.9. The molecule has 0 unspecified atom stereocenters. The van der Waals surface area contributed by atoms with Gasteiger partial charge in [-0.15, -0.1) is 0 Å². The third kappa shape index (κ3) is 7.02. The highest BCUT2D eigenvalue weighted by molar-refractivity contribution is 6.07. The van der Waals surface area contributed by atoms with Crippen molar-refractivity contribution >= 4 is 39.9 Å². The van der Waals surface area contributed by atoms with Crippen molar-refractivity contribution in [2.45, 2.75) is 33.1 Å². The van der Waals surface area contributed by atoms with Crippen molar-refractivity contribution in [3.63, 3.8) is 0 Å². The second-order valence-electron chi connectivity index (χ2n) is 10.6. The molecule has 45 heavy (non-hydrogen) atoms. The molecular weight excluding hydrogens is 566 g/mol. The van der Waals surface area contributed by atoms with Gasteiger partial charge in [0.15, 0.2) is 0 Å². The Morgan fingerprint density at radius 2 is 1.69 bits per heavy atom. The summed E-state index contributed by atoms with van der Waals surface area (Å²) in [5, 5.41) is 25.0. The van der Waals surface area contributed by atoms with Crippen molar-refractivity contribution in [2.75, 3.05) is 16.0 Å². The highest BCUT2D eigenvalue weighted by Gasteiger charge is 2.15. The Kier molecular flexibility index (Phi) is 8.54. The number of ether oxygens (including phenoxy) is 1. The minimum Gasteiger partial charge on any atom is -0.508 e. The van der Waals surface area contributed by atoms with Crippen LogP contribution in [0.25, 0.3) is 16.5 Å². The summed E-state index contributed by atoms with van der Waals surface area (Å²) in [6.45, 7) is 4.18. The second kappa shape index (κ2) is 13.2. The van der Waals surface area contributed by atoms with Crippen LogP contribution < -0.4 is 20.7 Å². The molecule has 2 aromatic heterocycles. The van der Waals surface area contributed by atoms with Gasteiger partial charge in [-0.2, -0.15) is 10.1 Å². The Labute approximate surface area is 260 Å². The van der Waals surface area contributed by atoms with E-state index in [0.717, 1.165) is 52.7 Å². The molecule has 0 radical (unpaired) electrons. The third-order valence-electron chi connectivity index (χ3n) is 7.17. The summed E-state index contributed by atoms with van der Waals surface area (Å²) < 4.78 is 7.95. The first-order chi connectivity index (χ1) is 21.9. The van der Waals surface area contributed by atoms with Gasteiger partial charge in [0.2, 0.25) is 11.8 Å². The minimum absolute atomic E-state index is 0.172. The molecule has 4 aromatic carbocycles. The number of fused-ring (bicyclic) bond motifs is 1.